The van der Waals surface area contributed by atoms with Crippen molar-refractivity contribution in [3.63, 3.8) is 0 Å². The van der Waals surface area contributed by atoms with Crippen molar-refractivity contribution in [3.05, 3.63) is 36.9 Å². The fourth-order valence-electron chi connectivity index (χ4n) is 0.596. The molecule has 1 rings (SSSR count). The molecule has 3 nitrogen and oxygen atoms in total. The number of rotatable bonds is 1. The summed E-state index contributed by atoms with van der Waals surface area (Å²) in [6.45, 7) is 5.25. The molecular formula is C9H14N2O. The van der Waals surface area contributed by atoms with Gasteiger partial charge >= 0.3 is 0 Å². The fourth-order valence-corrected chi connectivity index (χ4v) is 0.596. The number of nitrogens with one attached hydrogen (secondary N) is 1. The normalized spacial score (nSPS) is 7.83. The largest absolute Gasteiger partial charge is 0.508 e. The SMILES string of the molecule is C=CC.NNc1cccc(O)c1. The summed E-state index contributed by atoms with van der Waals surface area (Å²) in [6, 6.07) is 6.60. The van der Waals surface area contributed by atoms with E-state index in [0.29, 0.717) is 5.69 Å². The Morgan fingerprint density at radius 1 is 1.58 bits per heavy atom. The highest BCUT2D eigenvalue weighted by molar-refractivity contribution is 5.46. The number of allylic oxidation sites excluding steroid dienone is 1. The first-order valence-electron chi connectivity index (χ1n) is 3.57. The van der Waals surface area contributed by atoms with Gasteiger partial charge in [0.1, 0.15) is 5.75 Å². The average Bonchev–Trinajstić information content (AvgIpc) is 2.06. The fraction of sp³-hybridized carbons (Fsp3) is 0.111. The number of benzene rings is 1. The summed E-state index contributed by atoms with van der Waals surface area (Å²) in [4.78, 5) is 0. The molecule has 0 saturated heterocycles. The number of aromatic hydroxyl groups is 1. The van der Waals surface area contributed by atoms with Gasteiger partial charge in [-0.05, 0) is 19.1 Å². The molecule has 0 aliphatic rings. The lowest BCUT2D eigenvalue weighted by Crippen LogP contribution is -2.05. The van der Waals surface area contributed by atoms with Crippen molar-refractivity contribution in [1.29, 1.82) is 0 Å². The monoisotopic (exact) mass is 166 g/mol. The van der Waals surface area contributed by atoms with Crippen LogP contribution in [0.15, 0.2) is 36.9 Å². The van der Waals surface area contributed by atoms with E-state index in [0.717, 1.165) is 0 Å². The number of nitrogens with two attached hydrogens (primary N) is 1. The van der Waals surface area contributed by atoms with Gasteiger partial charge in [0.25, 0.3) is 0 Å². The molecule has 0 spiro atoms. The van der Waals surface area contributed by atoms with Crippen LogP contribution in [0.3, 0.4) is 0 Å². The van der Waals surface area contributed by atoms with Crippen molar-refractivity contribution in [2.75, 3.05) is 5.43 Å². The van der Waals surface area contributed by atoms with Crippen molar-refractivity contribution < 1.29 is 5.11 Å². The summed E-state index contributed by atoms with van der Waals surface area (Å²) in [5, 5.41) is 8.85. The van der Waals surface area contributed by atoms with E-state index >= 15 is 0 Å². The summed E-state index contributed by atoms with van der Waals surface area (Å²) in [5.41, 5.74) is 3.11. The smallest absolute Gasteiger partial charge is 0.117 e. The van der Waals surface area contributed by atoms with Crippen LogP contribution in [0.1, 0.15) is 6.92 Å². The lowest BCUT2D eigenvalue weighted by molar-refractivity contribution is 0.475. The Morgan fingerprint density at radius 3 is 2.50 bits per heavy atom. The van der Waals surface area contributed by atoms with Crippen LogP contribution in [-0.4, -0.2) is 5.11 Å². The standard InChI is InChI=1S/C6H8N2O.C3H6/c7-8-5-2-1-3-6(9)4-5;1-3-2/h1-4,8-9H,7H2;3H,1H2,2H3. The summed E-state index contributed by atoms with van der Waals surface area (Å²) in [5.74, 6) is 5.27. The maximum absolute atomic E-state index is 8.85. The Hall–Kier alpha value is -1.48. The topological polar surface area (TPSA) is 58.3 Å². The molecule has 1 aromatic carbocycles. The van der Waals surface area contributed by atoms with E-state index < -0.39 is 0 Å². The van der Waals surface area contributed by atoms with Crippen molar-refractivity contribution in [2.24, 2.45) is 5.84 Å². The molecule has 0 heterocycles. The number of nitrogen functional groups attached to an aromatic ring is 1. The van der Waals surface area contributed by atoms with Gasteiger partial charge in [0.05, 0.1) is 5.69 Å². The van der Waals surface area contributed by atoms with E-state index in [2.05, 4.69) is 12.0 Å². The third kappa shape index (κ3) is 4.35. The van der Waals surface area contributed by atoms with Crippen molar-refractivity contribution in [3.8, 4) is 5.75 Å². The van der Waals surface area contributed by atoms with Crippen molar-refractivity contribution in [1.82, 2.24) is 0 Å². The summed E-state index contributed by atoms with van der Waals surface area (Å²) in [7, 11) is 0. The zero-order chi connectivity index (χ0) is 9.40. The molecule has 0 amide bonds. The molecule has 0 radical (unpaired) electrons. The maximum atomic E-state index is 8.85. The second kappa shape index (κ2) is 6.24. The van der Waals surface area contributed by atoms with Crippen LogP contribution >= 0.6 is 0 Å². The first-order chi connectivity index (χ1) is 5.74. The lowest BCUT2D eigenvalue weighted by Gasteiger charge is -1.97. The number of anilines is 1. The summed E-state index contributed by atoms with van der Waals surface area (Å²) < 4.78 is 0. The molecule has 0 bridgehead atoms. The van der Waals surface area contributed by atoms with E-state index in [9.17, 15) is 0 Å². The van der Waals surface area contributed by atoms with Gasteiger partial charge in [-0.15, -0.1) is 6.58 Å². The van der Waals surface area contributed by atoms with E-state index in [1.54, 1.807) is 30.3 Å². The quantitative estimate of drug-likeness (QED) is 0.339. The Kier molecular flexibility index (Phi) is 5.47. The number of phenols is 1. The van der Waals surface area contributed by atoms with Gasteiger partial charge in [-0.25, -0.2) is 0 Å². The van der Waals surface area contributed by atoms with Gasteiger partial charge in [-0.3, -0.25) is 5.84 Å². The molecule has 12 heavy (non-hydrogen) atoms. The molecular weight excluding hydrogens is 152 g/mol. The zero-order valence-electron chi connectivity index (χ0n) is 7.12. The first kappa shape index (κ1) is 10.5. The van der Waals surface area contributed by atoms with Gasteiger partial charge < -0.3 is 10.5 Å². The highest BCUT2D eigenvalue weighted by Gasteiger charge is 1.87. The molecule has 0 fully saturated rings. The summed E-state index contributed by atoms with van der Waals surface area (Å²) in [6.07, 6.45) is 1.75. The minimum Gasteiger partial charge on any atom is -0.508 e. The van der Waals surface area contributed by atoms with Crippen molar-refractivity contribution >= 4 is 5.69 Å². The first-order valence-corrected chi connectivity index (χ1v) is 3.57. The number of phenolic OH excluding ortho intramolecular Hbond substituents is 1. The maximum Gasteiger partial charge on any atom is 0.117 e. The van der Waals surface area contributed by atoms with Crippen LogP contribution in [0.4, 0.5) is 5.69 Å². The van der Waals surface area contributed by atoms with Gasteiger partial charge in [0.15, 0.2) is 0 Å². The lowest BCUT2D eigenvalue weighted by atomic mass is 10.3. The van der Waals surface area contributed by atoms with Crippen LogP contribution in [0, 0.1) is 0 Å². The molecule has 0 atom stereocenters. The molecule has 1 aromatic rings. The molecule has 66 valence electrons. The molecule has 0 saturated carbocycles. The minimum absolute atomic E-state index is 0.213. The highest BCUT2D eigenvalue weighted by Crippen LogP contribution is 2.13. The second-order valence-electron chi connectivity index (χ2n) is 2.10. The average molecular weight is 166 g/mol. The van der Waals surface area contributed by atoms with Crippen LogP contribution in [-0.2, 0) is 0 Å². The molecule has 0 aliphatic carbocycles. The third-order valence-electron chi connectivity index (χ3n) is 1.01. The number of hydrogen-bond donors (Lipinski definition) is 3. The minimum atomic E-state index is 0.213. The van der Waals surface area contributed by atoms with E-state index in [1.165, 1.54) is 0 Å². The Labute approximate surface area is 72.5 Å². The van der Waals surface area contributed by atoms with Crippen LogP contribution in [0.5, 0.6) is 5.75 Å². The third-order valence-corrected chi connectivity index (χ3v) is 1.01. The van der Waals surface area contributed by atoms with E-state index in [4.69, 9.17) is 10.9 Å². The molecule has 0 aromatic heterocycles. The Bertz CT molecular complexity index is 236. The molecule has 0 unspecified atom stereocenters. The van der Waals surface area contributed by atoms with E-state index in [-0.39, 0.29) is 5.75 Å². The van der Waals surface area contributed by atoms with Crippen LogP contribution < -0.4 is 11.3 Å². The van der Waals surface area contributed by atoms with E-state index in [1.807, 2.05) is 6.92 Å². The molecule has 4 N–H and O–H groups in total. The van der Waals surface area contributed by atoms with Gasteiger partial charge in [-0.2, -0.15) is 0 Å². The highest BCUT2D eigenvalue weighted by atomic mass is 16.3. The van der Waals surface area contributed by atoms with Gasteiger partial charge in [0.2, 0.25) is 0 Å². The number of hydrazine groups is 1. The molecule has 0 aliphatic heterocycles. The Morgan fingerprint density at radius 2 is 2.17 bits per heavy atom. The second-order valence-corrected chi connectivity index (χ2v) is 2.10. The predicted molar refractivity (Wildman–Crippen MR) is 51.8 cm³/mol. The molecule has 3 heteroatoms. The van der Waals surface area contributed by atoms with Crippen LogP contribution in [0.25, 0.3) is 0 Å². The van der Waals surface area contributed by atoms with Gasteiger partial charge in [0, 0.05) is 6.07 Å². The predicted octanol–water partition coefficient (Wildman–Crippen LogP) is 1.87. The Balaban J connectivity index is 0.000000354. The van der Waals surface area contributed by atoms with Crippen molar-refractivity contribution in [2.45, 2.75) is 6.92 Å². The van der Waals surface area contributed by atoms with Crippen LogP contribution in [0.2, 0.25) is 0 Å². The zero-order valence-corrected chi connectivity index (χ0v) is 7.12. The van der Waals surface area contributed by atoms with Gasteiger partial charge in [-0.1, -0.05) is 12.1 Å². The number of hydrogen-bond acceptors (Lipinski definition) is 3. The summed E-state index contributed by atoms with van der Waals surface area (Å²) >= 11 is 0.